The molecule has 2 N–H and O–H groups in total. The van der Waals surface area contributed by atoms with E-state index in [1.807, 2.05) is 6.92 Å². The number of hydrogen-bond donors (Lipinski definition) is 2. The lowest BCUT2D eigenvalue weighted by Crippen LogP contribution is -2.48. The first kappa shape index (κ1) is 14.9. The van der Waals surface area contributed by atoms with E-state index < -0.39 is 0 Å². The summed E-state index contributed by atoms with van der Waals surface area (Å²) >= 11 is 0. The Morgan fingerprint density at radius 3 is 2.60 bits per heavy atom. The third kappa shape index (κ3) is 4.02. The summed E-state index contributed by atoms with van der Waals surface area (Å²) in [6.45, 7) is 3.76. The summed E-state index contributed by atoms with van der Waals surface area (Å²) in [5.41, 5.74) is 0.876. The van der Waals surface area contributed by atoms with Crippen molar-refractivity contribution in [2.75, 3.05) is 13.1 Å². The highest BCUT2D eigenvalue weighted by molar-refractivity contribution is 5.81. The van der Waals surface area contributed by atoms with Crippen molar-refractivity contribution in [1.29, 1.82) is 0 Å². The fourth-order valence-electron chi connectivity index (χ4n) is 2.38. The van der Waals surface area contributed by atoms with Gasteiger partial charge in [0, 0.05) is 19.6 Å². The van der Waals surface area contributed by atoms with Gasteiger partial charge in [-0.15, -0.1) is 0 Å². The Labute approximate surface area is 118 Å². The molecule has 1 aliphatic heterocycles. The van der Waals surface area contributed by atoms with E-state index in [0.717, 1.165) is 31.5 Å². The van der Waals surface area contributed by atoms with Crippen LogP contribution in [0.4, 0.5) is 4.39 Å². The second-order valence-corrected chi connectivity index (χ2v) is 5.29. The summed E-state index contributed by atoms with van der Waals surface area (Å²) in [4.78, 5) is 14.2. The lowest BCUT2D eigenvalue weighted by molar-refractivity contribution is -0.126. The fraction of sp³-hybridized carbons (Fsp3) is 0.533. The molecule has 1 unspecified atom stereocenters. The molecule has 1 aliphatic rings. The number of halogens is 1. The minimum Gasteiger partial charge on any atom is -0.393 e. The number of nitrogens with one attached hydrogen (secondary N) is 1. The first-order valence-corrected chi connectivity index (χ1v) is 7.00. The molecule has 1 fully saturated rings. The molecular weight excluding hydrogens is 259 g/mol. The van der Waals surface area contributed by atoms with Gasteiger partial charge in [-0.1, -0.05) is 12.1 Å². The molecular formula is C15H21FN2O2. The van der Waals surface area contributed by atoms with Crippen LogP contribution < -0.4 is 5.32 Å². The van der Waals surface area contributed by atoms with E-state index in [1.54, 1.807) is 12.1 Å². The molecule has 0 aliphatic carbocycles. The Bertz CT molecular complexity index is 442. The maximum absolute atomic E-state index is 12.8. The van der Waals surface area contributed by atoms with Gasteiger partial charge in [0.15, 0.2) is 0 Å². The summed E-state index contributed by atoms with van der Waals surface area (Å²) in [5, 5.41) is 12.3. The Kier molecular flexibility index (Phi) is 5.09. The molecule has 0 radical (unpaired) electrons. The molecule has 5 heteroatoms. The third-order valence-corrected chi connectivity index (χ3v) is 3.81. The van der Waals surface area contributed by atoms with Crippen molar-refractivity contribution in [2.24, 2.45) is 0 Å². The van der Waals surface area contributed by atoms with Crippen molar-refractivity contribution in [3.8, 4) is 0 Å². The molecule has 1 aromatic rings. The molecule has 20 heavy (non-hydrogen) atoms. The van der Waals surface area contributed by atoms with E-state index >= 15 is 0 Å². The number of likely N-dealkylation sites (tertiary alicyclic amines) is 1. The first-order valence-electron chi connectivity index (χ1n) is 7.00. The van der Waals surface area contributed by atoms with Crippen molar-refractivity contribution >= 4 is 5.91 Å². The zero-order valence-electron chi connectivity index (χ0n) is 11.7. The van der Waals surface area contributed by atoms with E-state index in [1.165, 1.54) is 12.1 Å². The molecule has 0 saturated carbocycles. The van der Waals surface area contributed by atoms with Crippen LogP contribution in [0.1, 0.15) is 25.3 Å². The maximum Gasteiger partial charge on any atom is 0.237 e. The van der Waals surface area contributed by atoms with Crippen molar-refractivity contribution in [1.82, 2.24) is 10.2 Å². The average molecular weight is 280 g/mol. The summed E-state index contributed by atoms with van der Waals surface area (Å²) in [6, 6.07) is 5.89. The van der Waals surface area contributed by atoms with Gasteiger partial charge in [0.1, 0.15) is 5.82 Å². The summed E-state index contributed by atoms with van der Waals surface area (Å²) in [6.07, 6.45) is 1.20. The van der Waals surface area contributed by atoms with Crippen LogP contribution in [0.25, 0.3) is 0 Å². The highest BCUT2D eigenvalue weighted by Gasteiger charge is 2.25. The van der Waals surface area contributed by atoms with Gasteiger partial charge in [0.2, 0.25) is 5.91 Å². The van der Waals surface area contributed by atoms with Crippen molar-refractivity contribution in [3.63, 3.8) is 0 Å². The maximum atomic E-state index is 12.8. The Balaban J connectivity index is 1.80. The molecule has 1 amide bonds. The number of nitrogens with zero attached hydrogens (tertiary/aromatic N) is 1. The molecule has 110 valence electrons. The quantitative estimate of drug-likeness (QED) is 0.874. The summed E-state index contributed by atoms with van der Waals surface area (Å²) in [7, 11) is 0. The number of aliphatic hydroxyl groups is 1. The summed E-state index contributed by atoms with van der Waals surface area (Å²) in [5.74, 6) is -0.314. The van der Waals surface area contributed by atoms with Gasteiger partial charge >= 0.3 is 0 Å². The monoisotopic (exact) mass is 280 g/mol. The Hall–Kier alpha value is -1.46. The van der Waals surface area contributed by atoms with Crippen LogP contribution in [0.2, 0.25) is 0 Å². The topological polar surface area (TPSA) is 52.6 Å². The lowest BCUT2D eigenvalue weighted by atomic mass is 10.1. The van der Waals surface area contributed by atoms with Crippen molar-refractivity contribution in [3.05, 3.63) is 35.6 Å². The molecule has 0 spiro atoms. The Morgan fingerprint density at radius 1 is 1.40 bits per heavy atom. The number of benzene rings is 1. The SMILES string of the molecule is CC(C(=O)NCc1ccc(F)cc1)N1CCC(O)CC1. The van der Waals surface area contributed by atoms with Gasteiger partial charge < -0.3 is 10.4 Å². The normalized spacial score (nSPS) is 18.8. The highest BCUT2D eigenvalue weighted by atomic mass is 19.1. The zero-order chi connectivity index (χ0) is 14.5. The predicted molar refractivity (Wildman–Crippen MR) is 74.5 cm³/mol. The van der Waals surface area contributed by atoms with Crippen molar-refractivity contribution in [2.45, 2.75) is 38.5 Å². The number of amides is 1. The first-order chi connectivity index (χ1) is 9.56. The average Bonchev–Trinajstić information content (AvgIpc) is 2.46. The van der Waals surface area contributed by atoms with Crippen molar-refractivity contribution < 1.29 is 14.3 Å². The molecule has 2 rings (SSSR count). The van der Waals surface area contributed by atoms with Crippen LogP contribution in [0.5, 0.6) is 0 Å². The van der Waals surface area contributed by atoms with E-state index in [2.05, 4.69) is 10.2 Å². The molecule has 1 saturated heterocycles. The third-order valence-electron chi connectivity index (χ3n) is 3.81. The summed E-state index contributed by atoms with van der Waals surface area (Å²) < 4.78 is 12.8. The molecule has 0 bridgehead atoms. The van der Waals surface area contributed by atoms with Gasteiger partial charge in [-0.05, 0) is 37.5 Å². The number of piperidine rings is 1. The largest absolute Gasteiger partial charge is 0.393 e. The van der Waals surface area contributed by atoms with Gasteiger partial charge in [-0.2, -0.15) is 0 Å². The fourth-order valence-corrected chi connectivity index (χ4v) is 2.38. The predicted octanol–water partition coefficient (Wildman–Crippen LogP) is 1.29. The van der Waals surface area contributed by atoms with E-state index in [9.17, 15) is 14.3 Å². The van der Waals surface area contributed by atoms with Gasteiger partial charge in [0.25, 0.3) is 0 Å². The second kappa shape index (κ2) is 6.81. The van der Waals surface area contributed by atoms with Gasteiger partial charge in [-0.25, -0.2) is 4.39 Å². The number of carbonyl (C=O) groups is 1. The van der Waals surface area contributed by atoms with Crippen LogP contribution >= 0.6 is 0 Å². The number of aliphatic hydroxyl groups excluding tert-OH is 1. The van der Waals surface area contributed by atoms with Crippen LogP contribution in [0.3, 0.4) is 0 Å². The lowest BCUT2D eigenvalue weighted by Gasteiger charge is -2.33. The molecule has 0 aromatic heterocycles. The second-order valence-electron chi connectivity index (χ2n) is 5.29. The van der Waals surface area contributed by atoms with Crippen LogP contribution in [0.15, 0.2) is 24.3 Å². The molecule has 1 atom stereocenters. The zero-order valence-corrected chi connectivity index (χ0v) is 11.7. The molecule has 4 nitrogen and oxygen atoms in total. The van der Waals surface area contributed by atoms with Crippen LogP contribution in [0, 0.1) is 5.82 Å². The van der Waals surface area contributed by atoms with E-state index in [0.29, 0.717) is 6.54 Å². The van der Waals surface area contributed by atoms with Crippen LogP contribution in [-0.4, -0.2) is 41.1 Å². The minimum absolute atomic E-state index is 0.0364. The minimum atomic E-state index is -0.277. The number of hydrogen-bond acceptors (Lipinski definition) is 3. The highest BCUT2D eigenvalue weighted by Crippen LogP contribution is 2.13. The van der Waals surface area contributed by atoms with E-state index in [4.69, 9.17) is 0 Å². The Morgan fingerprint density at radius 2 is 2.00 bits per heavy atom. The van der Waals surface area contributed by atoms with Crippen LogP contribution in [-0.2, 0) is 11.3 Å². The molecule has 1 heterocycles. The van der Waals surface area contributed by atoms with E-state index in [-0.39, 0.29) is 23.9 Å². The smallest absolute Gasteiger partial charge is 0.237 e. The number of rotatable bonds is 4. The standard InChI is InChI=1S/C15H21FN2O2/c1-11(18-8-6-14(19)7-9-18)15(20)17-10-12-2-4-13(16)5-3-12/h2-5,11,14,19H,6-10H2,1H3,(H,17,20). The molecule has 1 aromatic carbocycles. The van der Waals surface area contributed by atoms with Gasteiger partial charge in [-0.3, -0.25) is 9.69 Å². The number of carbonyl (C=O) groups excluding carboxylic acids is 1. The van der Waals surface area contributed by atoms with Gasteiger partial charge in [0.05, 0.1) is 12.1 Å².